The van der Waals surface area contributed by atoms with Gasteiger partial charge in [-0.15, -0.1) is 11.3 Å². The number of hydrogen-bond acceptors (Lipinski definition) is 5. The van der Waals surface area contributed by atoms with Crippen molar-refractivity contribution in [2.45, 2.75) is 15.2 Å². The first-order valence-electron chi connectivity index (χ1n) is 19.2. The van der Waals surface area contributed by atoms with E-state index in [0.29, 0.717) is 17.5 Å². The van der Waals surface area contributed by atoms with E-state index in [1.807, 2.05) is 83.8 Å². The summed E-state index contributed by atoms with van der Waals surface area (Å²) in [5, 5.41) is 2.57. The molecule has 2 aliphatic rings. The molecule has 2 aromatic heterocycles. The number of hydrogen-bond donors (Lipinski definition) is 0. The molecule has 0 saturated heterocycles. The Morgan fingerprint density at radius 2 is 0.877 bits per heavy atom. The molecule has 1 aliphatic carbocycles. The number of aromatic nitrogens is 3. The smallest absolute Gasteiger partial charge is 0.164 e. The molecule has 3 heterocycles. The molecule has 0 N–H and O–H groups in total. The van der Waals surface area contributed by atoms with Gasteiger partial charge in [0.2, 0.25) is 0 Å². The predicted octanol–water partition coefficient (Wildman–Crippen LogP) is 13.7. The Morgan fingerprint density at radius 1 is 0.351 bits per heavy atom. The lowest BCUT2D eigenvalue weighted by molar-refractivity contribution is 0.723. The second-order valence-corrected chi connectivity index (χ2v) is 16.8. The minimum absolute atomic E-state index is 0.402. The van der Waals surface area contributed by atoms with E-state index in [1.165, 1.54) is 68.9 Å². The molecule has 0 unspecified atom stereocenters. The van der Waals surface area contributed by atoms with E-state index in [2.05, 4.69) is 127 Å². The molecule has 1 spiro atoms. The average molecular weight is 762 g/mol. The van der Waals surface area contributed by atoms with Crippen LogP contribution in [0.5, 0.6) is 0 Å². The maximum absolute atomic E-state index is 5.04. The molecule has 3 nitrogen and oxygen atoms in total. The quantitative estimate of drug-likeness (QED) is 0.179. The van der Waals surface area contributed by atoms with Crippen LogP contribution in [0, 0.1) is 0 Å². The Balaban J connectivity index is 1.05. The van der Waals surface area contributed by atoms with Crippen molar-refractivity contribution in [1.82, 2.24) is 15.0 Å². The zero-order chi connectivity index (χ0) is 37.5. The number of rotatable bonds is 4. The molecule has 1 aliphatic heterocycles. The molecule has 8 aromatic carbocycles. The van der Waals surface area contributed by atoms with Crippen LogP contribution in [0.3, 0.4) is 0 Å². The molecule has 0 saturated carbocycles. The van der Waals surface area contributed by atoms with Crippen LogP contribution < -0.4 is 0 Å². The van der Waals surface area contributed by atoms with Gasteiger partial charge in [-0.3, -0.25) is 0 Å². The molecule has 0 amide bonds. The maximum Gasteiger partial charge on any atom is 0.164 e. The van der Waals surface area contributed by atoms with E-state index in [0.717, 1.165) is 22.3 Å². The summed E-state index contributed by atoms with van der Waals surface area (Å²) in [5.74, 6) is 1.97. The van der Waals surface area contributed by atoms with Crippen molar-refractivity contribution < 1.29 is 0 Å². The van der Waals surface area contributed by atoms with Crippen LogP contribution in [-0.2, 0) is 5.41 Å². The zero-order valence-corrected chi connectivity index (χ0v) is 32.2. The van der Waals surface area contributed by atoms with Gasteiger partial charge in [-0.05, 0) is 74.8 Å². The summed E-state index contributed by atoms with van der Waals surface area (Å²) in [6, 6.07) is 67.8. The summed E-state index contributed by atoms with van der Waals surface area (Å²) in [6.45, 7) is 0. The van der Waals surface area contributed by atoms with Crippen molar-refractivity contribution in [3.63, 3.8) is 0 Å². The van der Waals surface area contributed by atoms with Crippen LogP contribution in [0.15, 0.2) is 198 Å². The van der Waals surface area contributed by atoms with Crippen molar-refractivity contribution in [1.29, 1.82) is 0 Å². The average Bonchev–Trinajstić information content (AvgIpc) is 3.79. The number of thiophene rings is 1. The Kier molecular flexibility index (Phi) is 7.25. The van der Waals surface area contributed by atoms with Gasteiger partial charge in [0.05, 0.1) is 5.41 Å². The Hall–Kier alpha value is -6.66. The molecular weight excluding hydrogens is 731 g/mol. The van der Waals surface area contributed by atoms with Crippen LogP contribution in [0.2, 0.25) is 0 Å². The van der Waals surface area contributed by atoms with Crippen LogP contribution in [-0.4, -0.2) is 15.0 Å². The zero-order valence-electron chi connectivity index (χ0n) is 30.6. The van der Waals surface area contributed by atoms with Crippen molar-refractivity contribution in [2.75, 3.05) is 0 Å². The first kappa shape index (κ1) is 32.6. The molecular formula is C52H31N3S2. The van der Waals surface area contributed by atoms with Gasteiger partial charge in [0.25, 0.3) is 0 Å². The highest BCUT2D eigenvalue weighted by atomic mass is 32.2. The fourth-order valence-electron chi connectivity index (χ4n) is 9.13. The largest absolute Gasteiger partial charge is 0.208 e. The summed E-state index contributed by atoms with van der Waals surface area (Å²) >= 11 is 3.77. The fourth-order valence-corrected chi connectivity index (χ4v) is 11.6. The minimum atomic E-state index is -0.402. The maximum atomic E-state index is 5.04. The van der Waals surface area contributed by atoms with E-state index in [-0.39, 0.29) is 0 Å². The Morgan fingerprint density at radius 3 is 1.56 bits per heavy atom. The molecule has 5 heteroatoms. The summed E-state index contributed by atoms with van der Waals surface area (Å²) in [4.78, 5) is 17.6. The Bertz CT molecular complexity index is 3120. The topological polar surface area (TPSA) is 38.7 Å². The second-order valence-electron chi connectivity index (χ2n) is 14.7. The summed E-state index contributed by atoms with van der Waals surface area (Å²) in [7, 11) is 0. The molecule has 0 fully saturated rings. The highest BCUT2D eigenvalue weighted by molar-refractivity contribution is 7.99. The van der Waals surface area contributed by atoms with Gasteiger partial charge in [0.15, 0.2) is 17.5 Å². The third-order valence-corrected chi connectivity index (χ3v) is 13.9. The lowest BCUT2D eigenvalue weighted by Crippen LogP contribution is -2.31. The summed E-state index contributed by atoms with van der Waals surface area (Å²) in [5.41, 5.74) is 12.9. The molecule has 57 heavy (non-hydrogen) atoms. The number of nitrogens with zero attached hydrogens (tertiary/aromatic N) is 3. The molecule has 266 valence electrons. The van der Waals surface area contributed by atoms with E-state index in [1.54, 1.807) is 0 Å². The predicted molar refractivity (Wildman–Crippen MR) is 236 cm³/mol. The van der Waals surface area contributed by atoms with Gasteiger partial charge >= 0.3 is 0 Å². The lowest BCUT2D eigenvalue weighted by Gasteiger charge is -2.39. The number of fused-ring (bicyclic) bond motifs is 12. The minimum Gasteiger partial charge on any atom is -0.208 e. The summed E-state index contributed by atoms with van der Waals surface area (Å²) < 4.78 is 2.57. The van der Waals surface area contributed by atoms with E-state index in [4.69, 9.17) is 15.0 Å². The van der Waals surface area contributed by atoms with Gasteiger partial charge in [-0.1, -0.05) is 169 Å². The van der Waals surface area contributed by atoms with Crippen molar-refractivity contribution >= 4 is 43.3 Å². The molecule has 10 aromatic rings. The molecule has 0 atom stereocenters. The highest BCUT2D eigenvalue weighted by Gasteiger charge is 2.50. The van der Waals surface area contributed by atoms with E-state index >= 15 is 0 Å². The van der Waals surface area contributed by atoms with Crippen molar-refractivity contribution in [3.8, 4) is 56.4 Å². The van der Waals surface area contributed by atoms with E-state index < -0.39 is 5.41 Å². The SMILES string of the molecule is c1ccc(-c2nc(-c3ccccc3)nc(-c3cccc(-c4cccc5c4sc4cc6c(cc45)C4(c5ccccc5Sc5ccccc54)c4ccccc4-6)c3)n2)cc1. The van der Waals surface area contributed by atoms with Gasteiger partial charge in [0, 0.05) is 46.7 Å². The van der Waals surface area contributed by atoms with Crippen LogP contribution in [0.25, 0.3) is 76.6 Å². The normalized spacial score (nSPS) is 13.3. The second kappa shape index (κ2) is 12.7. The summed E-state index contributed by atoms with van der Waals surface area (Å²) in [6.07, 6.45) is 0. The van der Waals surface area contributed by atoms with Gasteiger partial charge in [0.1, 0.15) is 0 Å². The first-order chi connectivity index (χ1) is 28.2. The monoisotopic (exact) mass is 761 g/mol. The van der Waals surface area contributed by atoms with Crippen LogP contribution >= 0.6 is 23.1 Å². The van der Waals surface area contributed by atoms with Gasteiger partial charge in [-0.25, -0.2) is 15.0 Å². The molecule has 0 radical (unpaired) electrons. The highest BCUT2D eigenvalue weighted by Crippen LogP contribution is 2.63. The van der Waals surface area contributed by atoms with Gasteiger partial charge in [-0.2, -0.15) is 0 Å². The first-order valence-corrected chi connectivity index (χ1v) is 20.8. The number of benzene rings is 8. The van der Waals surface area contributed by atoms with Crippen LogP contribution in [0.4, 0.5) is 0 Å². The third-order valence-electron chi connectivity index (χ3n) is 11.6. The third kappa shape index (κ3) is 4.89. The van der Waals surface area contributed by atoms with Crippen molar-refractivity contribution in [3.05, 3.63) is 210 Å². The fraction of sp³-hybridized carbons (Fsp3) is 0.0192. The standard InChI is InChI=1S/C52H31N3S2/c1-3-15-32(16-4-1)49-53-50(33-17-5-2-6-18-33)55-51(54-49)35-20-13-19-34(29-35)36-22-14-23-38-40-30-44-39(31-47(40)57-48(36)38)37-21-7-8-24-41(37)52(44)42-25-9-11-27-45(42)56-46-28-12-10-26-43(46)52/h1-31H. The van der Waals surface area contributed by atoms with Crippen molar-refractivity contribution in [2.24, 2.45) is 0 Å². The van der Waals surface area contributed by atoms with Crippen LogP contribution in [0.1, 0.15) is 22.3 Å². The lowest BCUT2D eigenvalue weighted by atomic mass is 9.67. The Labute approximate surface area is 338 Å². The van der Waals surface area contributed by atoms with E-state index in [9.17, 15) is 0 Å². The van der Waals surface area contributed by atoms with Gasteiger partial charge < -0.3 is 0 Å². The molecule has 12 rings (SSSR count). The molecule has 0 bridgehead atoms.